The summed E-state index contributed by atoms with van der Waals surface area (Å²) in [6.07, 6.45) is 3.36. The Labute approximate surface area is 183 Å². The molecule has 0 unspecified atom stereocenters. The fraction of sp³-hybridized carbons (Fsp3) is 0.615. The zero-order valence-electron chi connectivity index (χ0n) is 18.6. The summed E-state index contributed by atoms with van der Waals surface area (Å²) in [5.41, 5.74) is 0.644. The van der Waals surface area contributed by atoms with Gasteiger partial charge in [0.05, 0.1) is 6.61 Å². The quantitative estimate of drug-likeness (QED) is 0.603. The van der Waals surface area contributed by atoms with Gasteiger partial charge in [0.1, 0.15) is 0 Å². The van der Waals surface area contributed by atoms with Crippen molar-refractivity contribution in [2.75, 3.05) is 0 Å². The fourth-order valence-corrected chi connectivity index (χ4v) is 6.65. The van der Waals surface area contributed by atoms with Gasteiger partial charge in [0.25, 0.3) is 0 Å². The Morgan fingerprint density at radius 2 is 1.81 bits per heavy atom. The number of ether oxygens (including phenoxy) is 3. The smallest absolute Gasteiger partial charge is 0.201 e. The van der Waals surface area contributed by atoms with Crippen molar-refractivity contribution in [1.82, 2.24) is 0 Å². The van der Waals surface area contributed by atoms with Crippen molar-refractivity contribution in [3.63, 3.8) is 0 Å². The second-order valence-corrected chi connectivity index (χ2v) is 10.2. The lowest BCUT2D eigenvalue weighted by Gasteiger charge is -2.60. The highest BCUT2D eigenvalue weighted by atomic mass is 17.3. The van der Waals surface area contributed by atoms with E-state index in [0.29, 0.717) is 18.4 Å². The molecular weight excluding hydrogens is 392 g/mol. The SMILES string of the molecule is C[C@H]1[C@@H](OCc2cccc3ccccc23)O[C@@H]2O[C@]3(C)CC[C@H]4[C@H](C)CC[C@@H]1[C@@]24OO3. The molecule has 1 saturated carbocycles. The zero-order valence-corrected chi connectivity index (χ0v) is 18.6. The topological polar surface area (TPSA) is 46.2 Å². The van der Waals surface area contributed by atoms with Crippen LogP contribution in [0.25, 0.3) is 10.8 Å². The van der Waals surface area contributed by atoms with Crippen LogP contribution in [0.4, 0.5) is 0 Å². The van der Waals surface area contributed by atoms with E-state index in [1.807, 2.05) is 6.92 Å². The van der Waals surface area contributed by atoms with Crippen LogP contribution in [0, 0.1) is 23.7 Å². The van der Waals surface area contributed by atoms with Gasteiger partial charge in [-0.2, -0.15) is 0 Å². The van der Waals surface area contributed by atoms with E-state index in [-0.39, 0.29) is 18.1 Å². The maximum Gasteiger partial charge on any atom is 0.201 e. The van der Waals surface area contributed by atoms with Gasteiger partial charge < -0.3 is 14.2 Å². The summed E-state index contributed by atoms with van der Waals surface area (Å²) in [6, 6.07) is 14.8. The number of rotatable bonds is 3. The van der Waals surface area contributed by atoms with E-state index in [2.05, 4.69) is 56.3 Å². The summed E-state index contributed by atoms with van der Waals surface area (Å²) in [5, 5.41) is 2.46. The summed E-state index contributed by atoms with van der Waals surface area (Å²) in [6.45, 7) is 7.05. The van der Waals surface area contributed by atoms with Crippen LogP contribution in [-0.2, 0) is 30.6 Å². The molecule has 4 aliphatic heterocycles. The van der Waals surface area contributed by atoms with Gasteiger partial charge in [0, 0.05) is 18.3 Å². The van der Waals surface area contributed by atoms with Crippen LogP contribution < -0.4 is 0 Å². The van der Waals surface area contributed by atoms with E-state index >= 15 is 0 Å². The van der Waals surface area contributed by atoms with Crippen molar-refractivity contribution in [1.29, 1.82) is 0 Å². The second kappa shape index (κ2) is 7.26. The van der Waals surface area contributed by atoms with E-state index in [1.165, 1.54) is 22.8 Å². The first kappa shape index (κ1) is 20.1. The molecule has 0 amide bonds. The third-order valence-corrected chi connectivity index (χ3v) is 8.38. The highest BCUT2D eigenvalue weighted by molar-refractivity contribution is 5.85. The molecule has 5 nitrogen and oxygen atoms in total. The molecule has 0 aromatic heterocycles. The van der Waals surface area contributed by atoms with Gasteiger partial charge in [-0.05, 0) is 54.4 Å². The minimum absolute atomic E-state index is 0.191. The van der Waals surface area contributed by atoms with Crippen LogP contribution in [0.3, 0.4) is 0 Å². The van der Waals surface area contributed by atoms with Crippen LogP contribution in [0.15, 0.2) is 42.5 Å². The number of hydrogen-bond acceptors (Lipinski definition) is 5. The zero-order chi connectivity index (χ0) is 21.2. The predicted octanol–water partition coefficient (Wildman–Crippen LogP) is 5.56. The van der Waals surface area contributed by atoms with Crippen LogP contribution in [0.2, 0.25) is 0 Å². The van der Waals surface area contributed by atoms with Crippen LogP contribution in [0.5, 0.6) is 0 Å². The van der Waals surface area contributed by atoms with Gasteiger partial charge in [-0.15, -0.1) is 0 Å². The van der Waals surface area contributed by atoms with E-state index < -0.39 is 17.7 Å². The molecule has 2 aromatic rings. The van der Waals surface area contributed by atoms with E-state index in [1.54, 1.807) is 0 Å². The average molecular weight is 425 g/mol. The molecule has 4 saturated heterocycles. The maximum absolute atomic E-state index is 6.54. The molecule has 2 bridgehead atoms. The molecule has 4 heterocycles. The lowest BCUT2D eigenvalue weighted by Crippen LogP contribution is -2.70. The third-order valence-electron chi connectivity index (χ3n) is 8.38. The van der Waals surface area contributed by atoms with Gasteiger partial charge in [-0.25, -0.2) is 9.78 Å². The van der Waals surface area contributed by atoms with Crippen molar-refractivity contribution < 1.29 is 24.0 Å². The molecule has 5 aliphatic rings. The molecule has 2 aromatic carbocycles. The Balaban J connectivity index is 1.29. The Hall–Kier alpha value is -1.50. The Morgan fingerprint density at radius 3 is 2.71 bits per heavy atom. The summed E-state index contributed by atoms with van der Waals surface area (Å²) in [5.74, 6) is 0.666. The summed E-state index contributed by atoms with van der Waals surface area (Å²) in [4.78, 5) is 12.1. The summed E-state index contributed by atoms with van der Waals surface area (Å²) in [7, 11) is 0. The molecule has 0 radical (unpaired) electrons. The third kappa shape index (κ3) is 3.01. The van der Waals surface area contributed by atoms with Crippen LogP contribution in [0.1, 0.15) is 52.0 Å². The minimum Gasteiger partial charge on any atom is -0.348 e. The van der Waals surface area contributed by atoms with E-state index in [4.69, 9.17) is 24.0 Å². The van der Waals surface area contributed by atoms with Crippen LogP contribution in [-0.4, -0.2) is 24.0 Å². The fourth-order valence-electron chi connectivity index (χ4n) is 6.65. The van der Waals surface area contributed by atoms with Crippen molar-refractivity contribution >= 4 is 10.8 Å². The predicted molar refractivity (Wildman–Crippen MR) is 116 cm³/mol. The lowest BCUT2D eigenvalue weighted by atomic mass is 9.58. The molecule has 5 heteroatoms. The first-order valence-corrected chi connectivity index (χ1v) is 11.8. The largest absolute Gasteiger partial charge is 0.348 e. The molecule has 5 fully saturated rings. The maximum atomic E-state index is 6.54. The van der Waals surface area contributed by atoms with Crippen molar-refractivity contribution in [2.45, 2.75) is 77.0 Å². The molecule has 31 heavy (non-hydrogen) atoms. The molecule has 7 rings (SSSR count). The van der Waals surface area contributed by atoms with Crippen LogP contribution >= 0.6 is 0 Å². The first-order valence-electron chi connectivity index (χ1n) is 11.8. The van der Waals surface area contributed by atoms with Crippen molar-refractivity contribution in [2.24, 2.45) is 23.7 Å². The van der Waals surface area contributed by atoms with Crippen molar-refractivity contribution in [3.8, 4) is 0 Å². The van der Waals surface area contributed by atoms with Gasteiger partial charge in [0.2, 0.25) is 5.79 Å². The van der Waals surface area contributed by atoms with Crippen molar-refractivity contribution in [3.05, 3.63) is 48.0 Å². The van der Waals surface area contributed by atoms with E-state index in [0.717, 1.165) is 19.3 Å². The second-order valence-electron chi connectivity index (χ2n) is 10.2. The van der Waals surface area contributed by atoms with Gasteiger partial charge in [-0.1, -0.05) is 56.3 Å². The Kier molecular flexibility index (Phi) is 4.71. The molecule has 0 N–H and O–H groups in total. The molecule has 1 aliphatic carbocycles. The van der Waals surface area contributed by atoms with E-state index in [9.17, 15) is 0 Å². The number of hydrogen-bond donors (Lipinski definition) is 0. The van der Waals surface area contributed by atoms with Gasteiger partial charge in [-0.3, -0.25) is 0 Å². The molecule has 166 valence electrons. The van der Waals surface area contributed by atoms with Gasteiger partial charge >= 0.3 is 0 Å². The number of benzene rings is 2. The highest BCUT2D eigenvalue weighted by Gasteiger charge is 2.69. The molecular formula is C26H32O5. The average Bonchev–Trinajstić information content (AvgIpc) is 3.01. The number of fused-ring (bicyclic) bond motifs is 3. The van der Waals surface area contributed by atoms with Gasteiger partial charge in [0.15, 0.2) is 18.2 Å². The molecule has 1 spiro atoms. The molecule has 8 atom stereocenters. The highest BCUT2D eigenvalue weighted by Crippen LogP contribution is 2.60. The summed E-state index contributed by atoms with van der Waals surface area (Å²) >= 11 is 0. The lowest BCUT2D eigenvalue weighted by molar-refractivity contribution is -0.577. The standard InChI is InChI=1S/C26H32O5/c1-16-11-12-22-17(2)23(27-15-19-9-6-8-18-7-4-5-10-20(18)19)28-24-26(22)21(16)13-14-25(3,29-24)30-31-26/h4-10,16-17,21-24H,11-15H2,1-3H3/t16-,17-,21+,22+,23+,24-,25+,26-/m1/s1. The first-order chi connectivity index (χ1) is 15.0. The minimum atomic E-state index is -0.752. The summed E-state index contributed by atoms with van der Waals surface area (Å²) < 4.78 is 19.4. The Morgan fingerprint density at radius 1 is 0.968 bits per heavy atom. The Bertz CT molecular complexity index is 972. The normalized spacial score (nSPS) is 44.1. The monoisotopic (exact) mass is 424 g/mol.